The molecule has 2 aromatic rings. The van der Waals surface area contributed by atoms with Crippen LogP contribution in [0.25, 0.3) is 0 Å². The Morgan fingerprint density at radius 3 is 2.19 bits per heavy atom. The average molecular weight is 476 g/mol. The average Bonchev–Trinajstić information content (AvgIpc) is 3.38. The van der Waals surface area contributed by atoms with Crippen LogP contribution in [0.15, 0.2) is 41.8 Å². The van der Waals surface area contributed by atoms with Crippen LogP contribution in [0, 0.1) is 5.92 Å². The fourth-order valence-corrected chi connectivity index (χ4v) is 4.90. The van der Waals surface area contributed by atoms with Gasteiger partial charge in [0.05, 0.1) is 4.88 Å². The molecule has 170 valence electrons. The van der Waals surface area contributed by atoms with Crippen molar-refractivity contribution >= 4 is 40.7 Å². The molecule has 0 saturated carbocycles. The maximum Gasteiger partial charge on any atom is 0.263 e. The zero-order chi connectivity index (χ0) is 22.5. The standard InChI is InChI=1S/C23H26ClN3O4S/c24-18-3-5-19(6-4-18)31-16-21(28)25-11-13-27(14-12-25)22(29)17-7-9-26(10-8-17)23(30)20-2-1-15-32-20/h1-6,15,17H,7-14,16H2. The molecule has 0 N–H and O–H groups in total. The lowest BCUT2D eigenvalue weighted by Crippen LogP contribution is -2.53. The molecule has 0 unspecified atom stereocenters. The van der Waals surface area contributed by atoms with Crippen molar-refractivity contribution in [1.29, 1.82) is 0 Å². The van der Waals surface area contributed by atoms with Crippen LogP contribution in [-0.2, 0) is 9.59 Å². The molecular weight excluding hydrogens is 450 g/mol. The van der Waals surface area contributed by atoms with Gasteiger partial charge in [-0.05, 0) is 48.6 Å². The van der Waals surface area contributed by atoms with Gasteiger partial charge in [0.2, 0.25) is 5.91 Å². The maximum atomic E-state index is 13.0. The second-order valence-corrected chi connectivity index (χ2v) is 9.38. The molecule has 0 bridgehead atoms. The summed E-state index contributed by atoms with van der Waals surface area (Å²) in [4.78, 5) is 44.1. The molecule has 2 aliphatic heterocycles. The highest BCUT2D eigenvalue weighted by Gasteiger charge is 2.32. The molecule has 32 heavy (non-hydrogen) atoms. The van der Waals surface area contributed by atoms with Crippen LogP contribution >= 0.6 is 22.9 Å². The van der Waals surface area contributed by atoms with Crippen LogP contribution in [-0.4, -0.2) is 78.3 Å². The van der Waals surface area contributed by atoms with Gasteiger partial charge in [-0.2, -0.15) is 0 Å². The van der Waals surface area contributed by atoms with Crippen LogP contribution in [0.2, 0.25) is 5.02 Å². The van der Waals surface area contributed by atoms with E-state index in [4.69, 9.17) is 16.3 Å². The molecule has 1 aromatic heterocycles. The van der Waals surface area contributed by atoms with Crippen molar-refractivity contribution in [3.8, 4) is 5.75 Å². The van der Waals surface area contributed by atoms with Crippen LogP contribution in [0.3, 0.4) is 0 Å². The van der Waals surface area contributed by atoms with Gasteiger partial charge in [0, 0.05) is 50.2 Å². The summed E-state index contributed by atoms with van der Waals surface area (Å²) in [5.41, 5.74) is 0. The lowest BCUT2D eigenvalue weighted by atomic mass is 9.95. The van der Waals surface area contributed by atoms with Crippen molar-refractivity contribution in [2.24, 2.45) is 5.92 Å². The minimum atomic E-state index is -0.0903. The number of halogens is 1. The molecule has 2 aliphatic rings. The Balaban J connectivity index is 1.19. The highest BCUT2D eigenvalue weighted by atomic mass is 35.5. The third kappa shape index (κ3) is 5.42. The Morgan fingerprint density at radius 2 is 1.56 bits per heavy atom. The number of hydrogen-bond acceptors (Lipinski definition) is 5. The van der Waals surface area contributed by atoms with E-state index in [1.165, 1.54) is 11.3 Å². The van der Waals surface area contributed by atoms with Gasteiger partial charge in [-0.25, -0.2) is 0 Å². The molecule has 3 heterocycles. The smallest absolute Gasteiger partial charge is 0.263 e. The van der Waals surface area contributed by atoms with Gasteiger partial charge in [0.1, 0.15) is 5.75 Å². The summed E-state index contributed by atoms with van der Waals surface area (Å²) in [5.74, 6) is 0.641. The Kier molecular flexibility index (Phi) is 7.32. The first-order valence-electron chi connectivity index (χ1n) is 10.8. The first-order chi connectivity index (χ1) is 15.5. The highest BCUT2D eigenvalue weighted by molar-refractivity contribution is 7.12. The maximum absolute atomic E-state index is 13.0. The van der Waals surface area contributed by atoms with Crippen LogP contribution < -0.4 is 4.74 Å². The van der Waals surface area contributed by atoms with E-state index >= 15 is 0 Å². The van der Waals surface area contributed by atoms with Crippen LogP contribution in [0.5, 0.6) is 5.75 Å². The van der Waals surface area contributed by atoms with Gasteiger partial charge in [0.15, 0.2) is 6.61 Å². The number of amides is 3. The molecule has 1 aromatic carbocycles. The Bertz CT molecular complexity index is 935. The summed E-state index contributed by atoms with van der Waals surface area (Å²) in [6.07, 6.45) is 1.37. The summed E-state index contributed by atoms with van der Waals surface area (Å²) in [6.45, 7) is 3.24. The van der Waals surface area contributed by atoms with Gasteiger partial charge >= 0.3 is 0 Å². The molecule has 9 heteroatoms. The van der Waals surface area contributed by atoms with Crippen molar-refractivity contribution in [1.82, 2.24) is 14.7 Å². The Morgan fingerprint density at radius 1 is 0.906 bits per heavy atom. The zero-order valence-corrected chi connectivity index (χ0v) is 19.3. The summed E-state index contributed by atoms with van der Waals surface area (Å²) < 4.78 is 5.54. The van der Waals surface area contributed by atoms with Crippen molar-refractivity contribution in [3.05, 3.63) is 51.7 Å². The molecule has 3 amide bonds. The number of hydrogen-bond donors (Lipinski definition) is 0. The van der Waals surface area contributed by atoms with E-state index in [0.29, 0.717) is 62.9 Å². The molecule has 2 saturated heterocycles. The molecule has 2 fully saturated rings. The second kappa shape index (κ2) is 10.4. The fraction of sp³-hybridized carbons (Fsp3) is 0.435. The molecule has 0 atom stereocenters. The van der Waals surface area contributed by atoms with Gasteiger partial charge in [0.25, 0.3) is 11.8 Å². The SMILES string of the molecule is O=C(COc1ccc(Cl)cc1)N1CCN(C(=O)C2CCN(C(=O)c3cccs3)CC2)CC1. The van der Waals surface area contributed by atoms with Crippen molar-refractivity contribution in [2.75, 3.05) is 45.9 Å². The van der Waals surface area contributed by atoms with Crippen molar-refractivity contribution in [3.63, 3.8) is 0 Å². The Labute approximate surface area is 196 Å². The molecule has 0 aliphatic carbocycles. The van der Waals surface area contributed by atoms with E-state index in [1.807, 2.05) is 27.3 Å². The van der Waals surface area contributed by atoms with Gasteiger partial charge in [-0.3, -0.25) is 14.4 Å². The summed E-state index contributed by atoms with van der Waals surface area (Å²) in [6, 6.07) is 10.6. The lowest BCUT2D eigenvalue weighted by Gasteiger charge is -2.38. The monoisotopic (exact) mass is 475 g/mol. The summed E-state index contributed by atoms with van der Waals surface area (Å²) >= 11 is 7.30. The van der Waals surface area contributed by atoms with Gasteiger partial charge in [-0.1, -0.05) is 17.7 Å². The quantitative estimate of drug-likeness (QED) is 0.666. The summed E-state index contributed by atoms with van der Waals surface area (Å²) in [7, 11) is 0. The van der Waals surface area contributed by atoms with E-state index in [9.17, 15) is 14.4 Å². The summed E-state index contributed by atoms with van der Waals surface area (Å²) in [5, 5.41) is 2.52. The third-order valence-corrected chi connectivity index (χ3v) is 7.09. The zero-order valence-electron chi connectivity index (χ0n) is 17.7. The van der Waals surface area contributed by atoms with E-state index < -0.39 is 0 Å². The normalized spacial score (nSPS) is 17.3. The number of piperidine rings is 1. The molecular formula is C23H26ClN3O4S. The number of rotatable bonds is 5. The number of thiophene rings is 1. The first kappa shape index (κ1) is 22.6. The van der Waals surface area contributed by atoms with Crippen LogP contribution in [0.1, 0.15) is 22.5 Å². The van der Waals surface area contributed by atoms with Gasteiger partial charge < -0.3 is 19.4 Å². The van der Waals surface area contributed by atoms with Gasteiger partial charge in [-0.15, -0.1) is 11.3 Å². The lowest BCUT2D eigenvalue weighted by molar-refractivity contribution is -0.143. The number of carbonyl (C=O) groups is 3. The number of benzene rings is 1. The number of ether oxygens (including phenoxy) is 1. The molecule has 0 radical (unpaired) electrons. The fourth-order valence-electron chi connectivity index (χ4n) is 4.09. The second-order valence-electron chi connectivity index (χ2n) is 7.99. The van der Waals surface area contributed by atoms with Crippen molar-refractivity contribution in [2.45, 2.75) is 12.8 Å². The van der Waals surface area contributed by atoms with E-state index in [1.54, 1.807) is 29.2 Å². The first-order valence-corrected chi connectivity index (χ1v) is 12.0. The molecule has 4 rings (SSSR count). The van der Waals surface area contributed by atoms with E-state index in [2.05, 4.69) is 0 Å². The van der Waals surface area contributed by atoms with E-state index in [-0.39, 0.29) is 30.2 Å². The topological polar surface area (TPSA) is 70.2 Å². The number of nitrogens with zero attached hydrogens (tertiary/aromatic N) is 3. The predicted molar refractivity (Wildman–Crippen MR) is 123 cm³/mol. The Hall–Kier alpha value is -2.58. The van der Waals surface area contributed by atoms with Crippen LogP contribution in [0.4, 0.5) is 0 Å². The van der Waals surface area contributed by atoms with E-state index in [0.717, 1.165) is 4.88 Å². The van der Waals surface area contributed by atoms with Crippen molar-refractivity contribution < 1.29 is 19.1 Å². The third-order valence-electron chi connectivity index (χ3n) is 5.98. The minimum Gasteiger partial charge on any atom is -0.484 e. The minimum absolute atomic E-state index is 0.0354. The number of carbonyl (C=O) groups excluding carboxylic acids is 3. The molecule has 0 spiro atoms. The molecule has 7 nitrogen and oxygen atoms in total. The highest BCUT2D eigenvalue weighted by Crippen LogP contribution is 2.23. The largest absolute Gasteiger partial charge is 0.484 e. The number of likely N-dealkylation sites (tertiary alicyclic amines) is 1. The predicted octanol–water partition coefficient (Wildman–Crippen LogP) is 3.00. The number of piperazine rings is 1.